The number of nitrogens with zero attached hydrogens (tertiary/aromatic N) is 1. The van der Waals surface area contributed by atoms with Crippen molar-refractivity contribution in [3.05, 3.63) is 51.6 Å². The lowest BCUT2D eigenvalue weighted by atomic mass is 9.80. The van der Waals surface area contributed by atoms with Crippen LogP contribution in [0.1, 0.15) is 61.9 Å². The molecule has 0 bridgehead atoms. The maximum absolute atomic E-state index is 12.1. The van der Waals surface area contributed by atoms with Crippen LogP contribution >= 0.6 is 0 Å². The van der Waals surface area contributed by atoms with Crippen molar-refractivity contribution in [2.75, 3.05) is 0 Å². The van der Waals surface area contributed by atoms with Gasteiger partial charge in [-0.3, -0.25) is 4.79 Å². The van der Waals surface area contributed by atoms with Crippen molar-refractivity contribution >= 4 is 0 Å². The first kappa shape index (κ1) is 14.1. The van der Waals surface area contributed by atoms with Gasteiger partial charge >= 0.3 is 0 Å². The molecule has 0 spiro atoms. The standard InChI is InChI=1S/C18H22N2O/c1-11(2)17-19-16(12(3)18(21)20-17)15-9-7-14(8-10-15)13-5-4-6-13/h7-11,13H,4-6H2,1-3H3,(H,19,20,21). The fourth-order valence-electron chi connectivity index (χ4n) is 2.76. The fourth-order valence-corrected chi connectivity index (χ4v) is 2.76. The van der Waals surface area contributed by atoms with Crippen LogP contribution < -0.4 is 5.56 Å². The molecule has 0 unspecified atom stereocenters. The van der Waals surface area contributed by atoms with Gasteiger partial charge in [0, 0.05) is 17.0 Å². The zero-order valence-corrected chi connectivity index (χ0v) is 12.9. The molecule has 21 heavy (non-hydrogen) atoms. The van der Waals surface area contributed by atoms with Crippen molar-refractivity contribution in [2.24, 2.45) is 0 Å². The van der Waals surface area contributed by atoms with Crippen LogP contribution in [-0.4, -0.2) is 9.97 Å². The topological polar surface area (TPSA) is 45.8 Å². The highest BCUT2D eigenvalue weighted by atomic mass is 16.1. The molecule has 110 valence electrons. The molecular formula is C18H22N2O. The number of aromatic nitrogens is 2. The van der Waals surface area contributed by atoms with Crippen molar-refractivity contribution in [2.45, 2.75) is 51.9 Å². The Morgan fingerprint density at radius 1 is 1.19 bits per heavy atom. The highest BCUT2D eigenvalue weighted by molar-refractivity contribution is 5.62. The smallest absolute Gasteiger partial charge is 0.254 e. The second kappa shape index (κ2) is 5.47. The number of H-pyrrole nitrogens is 1. The summed E-state index contributed by atoms with van der Waals surface area (Å²) < 4.78 is 0. The molecular weight excluding hydrogens is 260 g/mol. The van der Waals surface area contributed by atoms with E-state index in [9.17, 15) is 4.79 Å². The molecule has 1 fully saturated rings. The lowest BCUT2D eigenvalue weighted by molar-refractivity contribution is 0.420. The third kappa shape index (κ3) is 2.65. The summed E-state index contributed by atoms with van der Waals surface area (Å²) in [5.74, 6) is 1.70. The summed E-state index contributed by atoms with van der Waals surface area (Å²) in [6.07, 6.45) is 3.96. The van der Waals surface area contributed by atoms with Crippen LogP contribution in [0.25, 0.3) is 11.3 Å². The van der Waals surface area contributed by atoms with Gasteiger partial charge in [0.2, 0.25) is 0 Å². The Morgan fingerprint density at radius 2 is 1.86 bits per heavy atom. The summed E-state index contributed by atoms with van der Waals surface area (Å²) in [6, 6.07) is 8.59. The van der Waals surface area contributed by atoms with Gasteiger partial charge in [-0.05, 0) is 31.2 Å². The Balaban J connectivity index is 2.00. The van der Waals surface area contributed by atoms with Gasteiger partial charge in [0.1, 0.15) is 5.82 Å². The largest absolute Gasteiger partial charge is 0.310 e. The summed E-state index contributed by atoms with van der Waals surface area (Å²) in [7, 11) is 0. The number of nitrogens with one attached hydrogen (secondary N) is 1. The van der Waals surface area contributed by atoms with E-state index in [1.165, 1.54) is 24.8 Å². The molecule has 0 atom stereocenters. The molecule has 3 nitrogen and oxygen atoms in total. The van der Waals surface area contributed by atoms with E-state index >= 15 is 0 Å². The number of hydrogen-bond acceptors (Lipinski definition) is 2. The average molecular weight is 282 g/mol. The number of aromatic amines is 1. The van der Waals surface area contributed by atoms with E-state index in [2.05, 4.69) is 34.2 Å². The van der Waals surface area contributed by atoms with Gasteiger partial charge < -0.3 is 4.98 Å². The second-order valence-electron chi connectivity index (χ2n) is 6.33. The maximum atomic E-state index is 12.1. The lowest BCUT2D eigenvalue weighted by Crippen LogP contribution is -2.17. The Morgan fingerprint density at radius 3 is 2.38 bits per heavy atom. The SMILES string of the molecule is Cc1c(-c2ccc(C3CCC3)cc2)nc(C(C)C)[nH]c1=O. The van der Waals surface area contributed by atoms with Gasteiger partial charge in [-0.1, -0.05) is 44.5 Å². The average Bonchev–Trinajstić information content (AvgIpc) is 2.40. The molecule has 0 amide bonds. The normalized spacial score (nSPS) is 15.2. The van der Waals surface area contributed by atoms with Crippen LogP contribution in [0, 0.1) is 6.92 Å². The summed E-state index contributed by atoms with van der Waals surface area (Å²) >= 11 is 0. The first-order chi connectivity index (χ1) is 10.1. The molecule has 1 N–H and O–H groups in total. The van der Waals surface area contributed by atoms with Gasteiger partial charge in [-0.25, -0.2) is 4.98 Å². The molecule has 1 aromatic carbocycles. The maximum Gasteiger partial charge on any atom is 0.254 e. The summed E-state index contributed by atoms with van der Waals surface area (Å²) in [4.78, 5) is 19.6. The fraction of sp³-hybridized carbons (Fsp3) is 0.444. The van der Waals surface area contributed by atoms with Crippen LogP contribution in [0.2, 0.25) is 0 Å². The third-order valence-corrected chi connectivity index (χ3v) is 4.48. The van der Waals surface area contributed by atoms with Crippen LogP contribution in [0.5, 0.6) is 0 Å². The zero-order valence-electron chi connectivity index (χ0n) is 12.9. The van der Waals surface area contributed by atoms with Crippen LogP contribution in [0.15, 0.2) is 29.1 Å². The zero-order chi connectivity index (χ0) is 15.0. The molecule has 1 saturated carbocycles. The van der Waals surface area contributed by atoms with Crippen LogP contribution in [-0.2, 0) is 0 Å². The van der Waals surface area contributed by atoms with E-state index in [-0.39, 0.29) is 11.5 Å². The predicted molar refractivity (Wildman–Crippen MR) is 85.7 cm³/mol. The molecule has 3 heteroatoms. The molecule has 1 heterocycles. The van der Waals surface area contributed by atoms with E-state index in [0.29, 0.717) is 5.56 Å². The molecule has 3 rings (SSSR count). The Kier molecular flexibility index (Phi) is 3.66. The van der Waals surface area contributed by atoms with Crippen molar-refractivity contribution in [3.8, 4) is 11.3 Å². The minimum Gasteiger partial charge on any atom is -0.310 e. The van der Waals surface area contributed by atoms with E-state index in [4.69, 9.17) is 0 Å². The highest BCUT2D eigenvalue weighted by Gasteiger charge is 2.19. The van der Waals surface area contributed by atoms with E-state index in [1.54, 1.807) is 0 Å². The molecule has 1 aliphatic carbocycles. The lowest BCUT2D eigenvalue weighted by Gasteiger charge is -2.25. The van der Waals surface area contributed by atoms with Crippen molar-refractivity contribution < 1.29 is 0 Å². The minimum absolute atomic E-state index is 0.0354. The quantitative estimate of drug-likeness (QED) is 0.919. The third-order valence-electron chi connectivity index (χ3n) is 4.48. The number of hydrogen-bond donors (Lipinski definition) is 1. The Labute approximate surface area is 125 Å². The van der Waals surface area contributed by atoms with Crippen molar-refractivity contribution in [3.63, 3.8) is 0 Å². The van der Waals surface area contributed by atoms with Gasteiger partial charge in [0.25, 0.3) is 5.56 Å². The first-order valence-electron chi connectivity index (χ1n) is 7.77. The minimum atomic E-state index is -0.0354. The molecule has 1 aromatic heterocycles. The van der Waals surface area contributed by atoms with Crippen LogP contribution in [0.4, 0.5) is 0 Å². The van der Waals surface area contributed by atoms with E-state index < -0.39 is 0 Å². The predicted octanol–water partition coefficient (Wildman–Crippen LogP) is 4.14. The second-order valence-corrected chi connectivity index (χ2v) is 6.33. The summed E-state index contributed by atoms with van der Waals surface area (Å²) in [5, 5.41) is 0. The van der Waals surface area contributed by atoms with Crippen molar-refractivity contribution in [1.29, 1.82) is 0 Å². The molecule has 2 aromatic rings. The van der Waals surface area contributed by atoms with E-state index in [1.807, 2.05) is 20.8 Å². The van der Waals surface area contributed by atoms with Crippen molar-refractivity contribution in [1.82, 2.24) is 9.97 Å². The van der Waals surface area contributed by atoms with Crippen LogP contribution in [0.3, 0.4) is 0 Å². The molecule has 0 radical (unpaired) electrons. The summed E-state index contributed by atoms with van der Waals surface area (Å²) in [5.41, 5.74) is 3.91. The number of benzene rings is 1. The highest BCUT2D eigenvalue weighted by Crippen LogP contribution is 2.36. The Hall–Kier alpha value is -1.90. The van der Waals surface area contributed by atoms with Gasteiger partial charge in [0.15, 0.2) is 0 Å². The van der Waals surface area contributed by atoms with E-state index in [0.717, 1.165) is 23.0 Å². The molecule has 0 saturated heterocycles. The molecule has 1 aliphatic rings. The van der Waals surface area contributed by atoms with Gasteiger partial charge in [-0.2, -0.15) is 0 Å². The molecule has 0 aliphatic heterocycles. The Bertz CT molecular complexity index is 694. The van der Waals surface area contributed by atoms with Gasteiger partial charge in [0.05, 0.1) is 5.69 Å². The first-order valence-corrected chi connectivity index (χ1v) is 7.77. The monoisotopic (exact) mass is 282 g/mol. The summed E-state index contributed by atoms with van der Waals surface area (Å²) in [6.45, 7) is 5.92. The number of rotatable bonds is 3. The van der Waals surface area contributed by atoms with Gasteiger partial charge in [-0.15, -0.1) is 0 Å².